The van der Waals surface area contributed by atoms with E-state index in [0.717, 1.165) is 16.9 Å². The van der Waals surface area contributed by atoms with Crippen molar-refractivity contribution in [3.05, 3.63) is 91.0 Å². The van der Waals surface area contributed by atoms with Gasteiger partial charge in [-0.2, -0.15) is 9.36 Å². The fourth-order valence-corrected chi connectivity index (χ4v) is 3.34. The van der Waals surface area contributed by atoms with E-state index in [4.69, 9.17) is 10.7 Å². The third kappa shape index (κ3) is 3.86. The zero-order valence-corrected chi connectivity index (χ0v) is 15.3. The van der Waals surface area contributed by atoms with E-state index in [1.165, 1.54) is 11.5 Å². The second-order valence-electron chi connectivity index (χ2n) is 5.74. The van der Waals surface area contributed by atoms with Crippen LogP contribution in [0.1, 0.15) is 0 Å². The van der Waals surface area contributed by atoms with E-state index in [1.807, 2.05) is 95.9 Å². The zero-order chi connectivity index (χ0) is 18.5. The number of anilines is 2. The summed E-state index contributed by atoms with van der Waals surface area (Å²) in [4.78, 5) is 11.1. The van der Waals surface area contributed by atoms with Crippen molar-refractivity contribution >= 4 is 34.0 Å². The van der Waals surface area contributed by atoms with Crippen LogP contribution in [0.4, 0.5) is 16.5 Å². The Kier molecular flexibility index (Phi) is 4.89. The summed E-state index contributed by atoms with van der Waals surface area (Å²) in [6.07, 6.45) is 0. The van der Waals surface area contributed by atoms with E-state index in [2.05, 4.69) is 9.37 Å². The van der Waals surface area contributed by atoms with Crippen LogP contribution in [-0.4, -0.2) is 15.3 Å². The number of guanidine groups is 1. The fourth-order valence-electron chi connectivity index (χ4n) is 2.61. The number of benzene rings is 3. The first-order valence-electron chi connectivity index (χ1n) is 8.45. The van der Waals surface area contributed by atoms with Crippen LogP contribution in [0.15, 0.2) is 96.0 Å². The highest BCUT2D eigenvalue weighted by molar-refractivity contribution is 7.10. The molecule has 1 heterocycles. The number of rotatable bonds is 4. The van der Waals surface area contributed by atoms with Gasteiger partial charge < -0.3 is 5.73 Å². The molecular weight excluding hydrogens is 354 g/mol. The van der Waals surface area contributed by atoms with Gasteiger partial charge in [0.25, 0.3) is 0 Å². The normalized spacial score (nSPS) is 11.3. The first-order chi connectivity index (χ1) is 13.3. The van der Waals surface area contributed by atoms with Gasteiger partial charge in [-0.05, 0) is 24.3 Å². The van der Waals surface area contributed by atoms with Gasteiger partial charge in [-0.1, -0.05) is 66.7 Å². The van der Waals surface area contributed by atoms with Gasteiger partial charge in [-0.25, -0.2) is 4.99 Å². The van der Waals surface area contributed by atoms with Crippen molar-refractivity contribution in [2.75, 3.05) is 4.90 Å². The van der Waals surface area contributed by atoms with Gasteiger partial charge in [0.1, 0.15) is 0 Å². The minimum absolute atomic E-state index is 0.336. The maximum absolute atomic E-state index is 6.38. The molecule has 0 unspecified atom stereocenters. The summed E-state index contributed by atoms with van der Waals surface area (Å²) in [5, 5.41) is 0.664. The summed E-state index contributed by atoms with van der Waals surface area (Å²) in [5.74, 6) is 1.01. The molecule has 4 aromatic rings. The lowest BCUT2D eigenvalue weighted by Crippen LogP contribution is -2.33. The number of nitrogens with zero attached hydrogens (tertiary/aromatic N) is 4. The third-order valence-corrected chi connectivity index (χ3v) is 4.58. The molecule has 0 spiro atoms. The Hall–Kier alpha value is -3.51. The van der Waals surface area contributed by atoms with Crippen molar-refractivity contribution in [1.82, 2.24) is 9.36 Å². The van der Waals surface area contributed by atoms with Crippen LogP contribution in [0.5, 0.6) is 0 Å². The van der Waals surface area contributed by atoms with E-state index < -0.39 is 0 Å². The molecule has 132 valence electrons. The Morgan fingerprint density at radius 3 is 2.07 bits per heavy atom. The molecular formula is C21H17N5S. The number of aliphatic imine (C=N–C) groups is 1. The molecule has 0 aliphatic heterocycles. The Balaban J connectivity index is 1.75. The predicted octanol–water partition coefficient (Wildman–Crippen LogP) is 4.99. The lowest BCUT2D eigenvalue weighted by atomic mass is 10.2. The molecule has 0 bridgehead atoms. The quantitative estimate of drug-likeness (QED) is 0.405. The summed E-state index contributed by atoms with van der Waals surface area (Å²) in [6, 6.07) is 29.3. The molecule has 5 nitrogen and oxygen atoms in total. The van der Waals surface area contributed by atoms with Gasteiger partial charge in [0.2, 0.25) is 11.1 Å². The molecule has 0 aliphatic carbocycles. The van der Waals surface area contributed by atoms with Crippen molar-refractivity contribution in [2.45, 2.75) is 0 Å². The summed E-state index contributed by atoms with van der Waals surface area (Å²) in [7, 11) is 0. The van der Waals surface area contributed by atoms with E-state index >= 15 is 0 Å². The van der Waals surface area contributed by atoms with Crippen LogP contribution in [0.25, 0.3) is 11.4 Å². The zero-order valence-electron chi connectivity index (χ0n) is 14.4. The highest BCUT2D eigenvalue weighted by atomic mass is 32.1. The minimum Gasteiger partial charge on any atom is -0.369 e. The average molecular weight is 371 g/mol. The smallest absolute Gasteiger partial charge is 0.217 e. The summed E-state index contributed by atoms with van der Waals surface area (Å²) >= 11 is 1.29. The molecule has 0 fully saturated rings. The molecule has 0 amide bonds. The Morgan fingerprint density at radius 1 is 0.815 bits per heavy atom. The average Bonchev–Trinajstić information content (AvgIpc) is 3.20. The molecule has 0 atom stereocenters. The minimum atomic E-state index is 0.336. The largest absolute Gasteiger partial charge is 0.369 e. The second-order valence-corrected chi connectivity index (χ2v) is 6.47. The summed E-state index contributed by atoms with van der Waals surface area (Å²) < 4.78 is 4.50. The van der Waals surface area contributed by atoms with Crippen LogP contribution in [0.3, 0.4) is 0 Å². The SMILES string of the molecule is NC(=Nc1ccccc1)N(c1ccccc1)c1nc(-c2ccccc2)ns1. The Bertz CT molecular complexity index is 1030. The van der Waals surface area contributed by atoms with Crippen molar-refractivity contribution in [3.8, 4) is 11.4 Å². The maximum Gasteiger partial charge on any atom is 0.217 e. The van der Waals surface area contributed by atoms with Gasteiger partial charge in [0.15, 0.2) is 5.82 Å². The van der Waals surface area contributed by atoms with Gasteiger partial charge >= 0.3 is 0 Å². The van der Waals surface area contributed by atoms with Gasteiger partial charge in [-0.15, -0.1) is 0 Å². The first kappa shape index (κ1) is 16.9. The summed E-state index contributed by atoms with van der Waals surface area (Å²) in [5.41, 5.74) is 9.00. The number of nitrogens with two attached hydrogens (primary N) is 1. The maximum atomic E-state index is 6.38. The number of hydrogen-bond acceptors (Lipinski definition) is 4. The van der Waals surface area contributed by atoms with E-state index in [9.17, 15) is 0 Å². The molecule has 0 saturated carbocycles. The predicted molar refractivity (Wildman–Crippen MR) is 112 cm³/mol. The number of hydrogen-bond donors (Lipinski definition) is 1. The monoisotopic (exact) mass is 371 g/mol. The van der Waals surface area contributed by atoms with Gasteiger partial charge in [0, 0.05) is 17.1 Å². The molecule has 0 radical (unpaired) electrons. The van der Waals surface area contributed by atoms with E-state index in [-0.39, 0.29) is 0 Å². The molecule has 0 saturated heterocycles. The molecule has 2 N–H and O–H groups in total. The molecule has 3 aromatic carbocycles. The van der Waals surface area contributed by atoms with Crippen LogP contribution >= 0.6 is 11.5 Å². The molecule has 0 aliphatic rings. The second kappa shape index (κ2) is 7.80. The topological polar surface area (TPSA) is 67.4 Å². The van der Waals surface area contributed by atoms with Gasteiger partial charge in [0.05, 0.1) is 11.4 Å². The molecule has 27 heavy (non-hydrogen) atoms. The Labute approximate surface area is 161 Å². The van der Waals surface area contributed by atoms with Crippen molar-refractivity contribution in [3.63, 3.8) is 0 Å². The van der Waals surface area contributed by atoms with Crippen LogP contribution < -0.4 is 10.6 Å². The van der Waals surface area contributed by atoms with Crippen molar-refractivity contribution in [1.29, 1.82) is 0 Å². The first-order valence-corrected chi connectivity index (χ1v) is 9.22. The highest BCUT2D eigenvalue weighted by Gasteiger charge is 2.19. The van der Waals surface area contributed by atoms with Crippen molar-refractivity contribution < 1.29 is 0 Å². The van der Waals surface area contributed by atoms with Gasteiger partial charge in [-0.3, -0.25) is 4.90 Å². The lowest BCUT2D eigenvalue weighted by Gasteiger charge is -2.20. The fraction of sp³-hybridized carbons (Fsp3) is 0. The lowest BCUT2D eigenvalue weighted by molar-refractivity contribution is 1.22. The summed E-state index contributed by atoms with van der Waals surface area (Å²) in [6.45, 7) is 0. The third-order valence-electron chi connectivity index (χ3n) is 3.88. The highest BCUT2D eigenvalue weighted by Crippen LogP contribution is 2.30. The van der Waals surface area contributed by atoms with E-state index in [0.29, 0.717) is 16.9 Å². The number of aromatic nitrogens is 2. The molecule has 1 aromatic heterocycles. The van der Waals surface area contributed by atoms with Crippen molar-refractivity contribution in [2.24, 2.45) is 10.7 Å². The van der Waals surface area contributed by atoms with Crippen LogP contribution in [0.2, 0.25) is 0 Å². The van der Waals surface area contributed by atoms with Crippen LogP contribution in [0, 0.1) is 0 Å². The van der Waals surface area contributed by atoms with Crippen LogP contribution in [-0.2, 0) is 0 Å². The molecule has 6 heteroatoms. The number of para-hydroxylation sites is 2. The molecule has 4 rings (SSSR count). The standard InChI is InChI=1S/C21H17N5S/c22-20(23-17-12-6-2-7-13-17)26(18-14-8-3-9-15-18)21-24-19(25-27-21)16-10-4-1-5-11-16/h1-15H,(H2,22,23). The Morgan fingerprint density at radius 2 is 1.41 bits per heavy atom. The van der Waals surface area contributed by atoms with E-state index in [1.54, 1.807) is 0 Å².